The van der Waals surface area contributed by atoms with E-state index in [1.165, 1.54) is 18.4 Å². The topological polar surface area (TPSA) is 97.6 Å². The van der Waals surface area contributed by atoms with Crippen LogP contribution in [0.4, 0.5) is 0 Å². The van der Waals surface area contributed by atoms with Crippen molar-refractivity contribution in [3.63, 3.8) is 0 Å². The SMILES string of the molecule is CCOC(=O)C1=C(c2ccccc2)N=c2s/c(=C\c3ccc(OCc4ccccc4)c(OC)c3)c(=O)n2C1c1ccc(OC)c(OC)c1. The van der Waals surface area contributed by atoms with Crippen LogP contribution in [-0.4, -0.2) is 38.5 Å². The quantitative estimate of drug-likeness (QED) is 0.171. The van der Waals surface area contributed by atoms with Gasteiger partial charge in [-0.25, -0.2) is 9.79 Å². The summed E-state index contributed by atoms with van der Waals surface area (Å²) in [6.07, 6.45) is 1.79. The number of carbonyl (C=O) groups excluding carboxylic acids is 1. The van der Waals surface area contributed by atoms with Gasteiger partial charge in [0.1, 0.15) is 6.61 Å². The minimum Gasteiger partial charge on any atom is -0.493 e. The summed E-state index contributed by atoms with van der Waals surface area (Å²) in [5.74, 6) is 1.53. The molecule has 0 saturated heterocycles. The van der Waals surface area contributed by atoms with Gasteiger partial charge in [0.05, 0.1) is 49.8 Å². The van der Waals surface area contributed by atoms with Gasteiger partial charge < -0.3 is 23.7 Å². The third kappa shape index (κ3) is 6.47. The molecule has 10 heteroatoms. The lowest BCUT2D eigenvalue weighted by atomic mass is 9.93. The summed E-state index contributed by atoms with van der Waals surface area (Å²) < 4.78 is 30.3. The van der Waals surface area contributed by atoms with E-state index < -0.39 is 12.0 Å². The highest BCUT2D eigenvalue weighted by atomic mass is 32.1. The molecule has 0 radical (unpaired) electrons. The van der Waals surface area contributed by atoms with Gasteiger partial charge in [0, 0.05) is 5.56 Å². The van der Waals surface area contributed by atoms with Crippen molar-refractivity contribution in [2.24, 2.45) is 4.99 Å². The number of methoxy groups -OCH3 is 3. The first-order valence-electron chi connectivity index (χ1n) is 15.3. The van der Waals surface area contributed by atoms with E-state index in [1.54, 1.807) is 43.9 Å². The maximum absolute atomic E-state index is 14.3. The summed E-state index contributed by atoms with van der Waals surface area (Å²) in [5.41, 5.74) is 3.49. The molecule has 1 aromatic heterocycles. The number of aromatic nitrogens is 1. The average Bonchev–Trinajstić information content (AvgIpc) is 3.44. The first kappa shape index (κ1) is 32.3. The van der Waals surface area contributed by atoms with Crippen LogP contribution in [-0.2, 0) is 16.1 Å². The third-order valence-corrected chi connectivity index (χ3v) is 8.80. The Morgan fingerprint density at radius 3 is 2.19 bits per heavy atom. The van der Waals surface area contributed by atoms with E-state index in [9.17, 15) is 9.59 Å². The molecule has 0 spiro atoms. The predicted octanol–water partition coefficient (Wildman–Crippen LogP) is 5.54. The molecule has 1 aliphatic rings. The Morgan fingerprint density at radius 1 is 0.833 bits per heavy atom. The highest BCUT2D eigenvalue weighted by Crippen LogP contribution is 2.38. The Hall–Kier alpha value is -5.61. The van der Waals surface area contributed by atoms with E-state index >= 15 is 0 Å². The van der Waals surface area contributed by atoms with E-state index in [-0.39, 0.29) is 17.7 Å². The second-order valence-electron chi connectivity index (χ2n) is 10.7. The molecule has 0 saturated carbocycles. The van der Waals surface area contributed by atoms with Gasteiger partial charge in [0.2, 0.25) is 0 Å². The number of hydrogen-bond acceptors (Lipinski definition) is 9. The molecule has 1 atom stereocenters. The summed E-state index contributed by atoms with van der Waals surface area (Å²) in [6.45, 7) is 2.28. The van der Waals surface area contributed by atoms with Crippen molar-refractivity contribution in [3.8, 4) is 23.0 Å². The van der Waals surface area contributed by atoms with Crippen LogP contribution in [0.5, 0.6) is 23.0 Å². The van der Waals surface area contributed by atoms with E-state index in [0.717, 1.165) is 16.7 Å². The van der Waals surface area contributed by atoms with Crippen LogP contribution >= 0.6 is 11.3 Å². The van der Waals surface area contributed by atoms with Crippen molar-refractivity contribution in [3.05, 3.63) is 145 Å². The lowest BCUT2D eigenvalue weighted by Gasteiger charge is -2.26. The van der Waals surface area contributed by atoms with Crippen molar-refractivity contribution in [2.45, 2.75) is 19.6 Å². The van der Waals surface area contributed by atoms with Crippen LogP contribution in [0.25, 0.3) is 11.8 Å². The molecule has 0 amide bonds. The molecular formula is C38H34N2O7S. The number of carbonyl (C=O) groups is 1. The van der Waals surface area contributed by atoms with Crippen molar-refractivity contribution >= 4 is 29.1 Å². The number of thiazole rings is 1. The minimum atomic E-state index is -0.860. The van der Waals surface area contributed by atoms with Gasteiger partial charge in [-0.2, -0.15) is 0 Å². The molecular weight excluding hydrogens is 628 g/mol. The Labute approximate surface area is 281 Å². The highest BCUT2D eigenvalue weighted by molar-refractivity contribution is 7.07. The summed E-state index contributed by atoms with van der Waals surface area (Å²) in [7, 11) is 4.67. The lowest BCUT2D eigenvalue weighted by Crippen LogP contribution is -2.40. The largest absolute Gasteiger partial charge is 0.493 e. The Balaban J connectivity index is 1.51. The van der Waals surface area contributed by atoms with Crippen LogP contribution < -0.4 is 33.8 Å². The third-order valence-electron chi connectivity index (χ3n) is 7.82. The second-order valence-corrected chi connectivity index (χ2v) is 11.7. The molecule has 4 aromatic carbocycles. The first-order chi connectivity index (χ1) is 23.4. The van der Waals surface area contributed by atoms with Gasteiger partial charge >= 0.3 is 5.97 Å². The Kier molecular flexibility index (Phi) is 9.73. The van der Waals surface area contributed by atoms with Gasteiger partial charge in [0.15, 0.2) is 27.8 Å². The molecule has 0 fully saturated rings. The van der Waals surface area contributed by atoms with Crippen LogP contribution in [0, 0.1) is 0 Å². The molecule has 2 heterocycles. The maximum atomic E-state index is 14.3. The average molecular weight is 663 g/mol. The zero-order chi connectivity index (χ0) is 33.6. The smallest absolute Gasteiger partial charge is 0.338 e. The molecule has 1 aliphatic heterocycles. The Morgan fingerprint density at radius 2 is 1.50 bits per heavy atom. The number of hydrogen-bond donors (Lipinski definition) is 0. The molecule has 0 bridgehead atoms. The van der Waals surface area contributed by atoms with E-state index in [1.807, 2.05) is 84.9 Å². The van der Waals surface area contributed by atoms with E-state index in [0.29, 0.717) is 50.2 Å². The van der Waals surface area contributed by atoms with Crippen molar-refractivity contribution in [1.82, 2.24) is 4.57 Å². The normalized spacial score (nSPS) is 14.2. The zero-order valence-corrected chi connectivity index (χ0v) is 27.8. The predicted molar refractivity (Wildman–Crippen MR) is 184 cm³/mol. The van der Waals surface area contributed by atoms with E-state index in [2.05, 4.69) is 0 Å². The Bertz CT molecular complexity index is 2160. The minimum absolute atomic E-state index is 0.153. The standard InChI is InChI=1S/C38H34N2O7S/c1-5-46-37(42)33-34(26-14-10-7-11-15-26)39-38-40(35(33)27-17-19-28(43-2)31(22-27)45-4)36(41)32(48-38)21-25-16-18-29(30(20-25)44-3)47-23-24-12-8-6-9-13-24/h6-22,35H,5,23H2,1-4H3/b32-21-. The number of fused-ring (bicyclic) bond motifs is 1. The number of rotatable bonds is 11. The second kappa shape index (κ2) is 14.4. The van der Waals surface area contributed by atoms with Crippen LogP contribution in [0.2, 0.25) is 0 Å². The first-order valence-corrected chi connectivity index (χ1v) is 16.1. The summed E-state index contributed by atoms with van der Waals surface area (Å²) >= 11 is 1.24. The maximum Gasteiger partial charge on any atom is 0.338 e. The van der Waals surface area contributed by atoms with Gasteiger partial charge in [-0.15, -0.1) is 0 Å². The van der Waals surface area contributed by atoms with Gasteiger partial charge in [-0.05, 0) is 54.0 Å². The van der Waals surface area contributed by atoms with Crippen molar-refractivity contribution in [1.29, 1.82) is 0 Å². The number of esters is 1. The molecule has 5 aromatic rings. The molecule has 48 heavy (non-hydrogen) atoms. The fourth-order valence-electron chi connectivity index (χ4n) is 5.56. The number of benzene rings is 4. The molecule has 6 rings (SSSR count). The van der Waals surface area contributed by atoms with E-state index in [4.69, 9.17) is 28.7 Å². The fourth-order valence-corrected chi connectivity index (χ4v) is 6.56. The molecule has 1 unspecified atom stereocenters. The van der Waals surface area contributed by atoms with Crippen LogP contribution in [0.3, 0.4) is 0 Å². The molecule has 0 aliphatic carbocycles. The number of ether oxygens (including phenoxy) is 5. The number of nitrogens with zero attached hydrogens (tertiary/aromatic N) is 2. The molecule has 0 N–H and O–H groups in total. The fraction of sp³-hybridized carbons (Fsp3) is 0.184. The summed E-state index contributed by atoms with van der Waals surface area (Å²) in [6, 6.07) is 29.3. The zero-order valence-electron chi connectivity index (χ0n) is 27.0. The van der Waals surface area contributed by atoms with Crippen LogP contribution in [0.15, 0.2) is 112 Å². The molecule has 244 valence electrons. The van der Waals surface area contributed by atoms with Crippen LogP contribution in [0.1, 0.15) is 35.2 Å². The lowest BCUT2D eigenvalue weighted by molar-refractivity contribution is -0.138. The monoisotopic (exact) mass is 662 g/mol. The summed E-state index contributed by atoms with van der Waals surface area (Å²) in [5, 5.41) is 0. The van der Waals surface area contributed by atoms with Gasteiger partial charge in [-0.3, -0.25) is 9.36 Å². The highest BCUT2D eigenvalue weighted by Gasteiger charge is 2.35. The van der Waals surface area contributed by atoms with Gasteiger partial charge in [-0.1, -0.05) is 84.1 Å². The summed E-state index contributed by atoms with van der Waals surface area (Å²) in [4.78, 5) is 33.4. The van der Waals surface area contributed by atoms with Gasteiger partial charge in [0.25, 0.3) is 5.56 Å². The van der Waals surface area contributed by atoms with Crippen molar-refractivity contribution < 1.29 is 28.5 Å². The van der Waals surface area contributed by atoms with Crippen molar-refractivity contribution in [2.75, 3.05) is 27.9 Å². The molecule has 9 nitrogen and oxygen atoms in total.